The third kappa shape index (κ3) is 6.54. The number of aromatic nitrogens is 5. The van der Waals surface area contributed by atoms with Gasteiger partial charge in [-0.1, -0.05) is 36.4 Å². The number of hydrogen-bond acceptors (Lipinski definition) is 10. The standard InChI is InChI=1S/C39H36N8O5S/c1-23-35-44-43-24(2)46(35)39-29(21-52-23)28(19-25-9-4-3-5-10-25)32(53-39)15-13-26-20-45(22-41-26)18-7-6-17-40-30-12-8-11-27-34(30)38(51)47(37(27)50)31-14-16-33(48)42-36(31)49/h3-5,8-12,20,22-23,31,40H,6-7,14,16-19,21H2,1-2H3,(H,42,48,49)/t23-,31?/m0/s1. The molecule has 2 atom stereocenters. The number of benzene rings is 2. The summed E-state index contributed by atoms with van der Waals surface area (Å²) in [4.78, 5) is 57.1. The number of aryl methyl sites for hydroxylation is 2. The molecule has 1 fully saturated rings. The number of thiophene rings is 1. The van der Waals surface area contributed by atoms with Crippen LogP contribution in [0.3, 0.4) is 0 Å². The van der Waals surface area contributed by atoms with Gasteiger partial charge < -0.3 is 14.6 Å². The molecule has 0 aliphatic carbocycles. The quantitative estimate of drug-likeness (QED) is 0.125. The maximum absolute atomic E-state index is 13.4. The van der Waals surface area contributed by atoms with E-state index in [1.165, 1.54) is 5.56 Å². The summed E-state index contributed by atoms with van der Waals surface area (Å²) >= 11 is 1.63. The molecule has 13 nitrogen and oxygen atoms in total. The van der Waals surface area contributed by atoms with Crippen molar-refractivity contribution in [2.45, 2.75) is 71.2 Å². The van der Waals surface area contributed by atoms with Crippen molar-refractivity contribution in [2.75, 3.05) is 11.9 Å². The largest absolute Gasteiger partial charge is 0.384 e. The monoisotopic (exact) mass is 728 g/mol. The van der Waals surface area contributed by atoms with Crippen LogP contribution in [0.25, 0.3) is 5.00 Å². The highest BCUT2D eigenvalue weighted by molar-refractivity contribution is 7.15. The van der Waals surface area contributed by atoms with Gasteiger partial charge in [0.1, 0.15) is 28.7 Å². The Hall–Kier alpha value is -5.91. The fourth-order valence-corrected chi connectivity index (χ4v) is 8.29. The Kier molecular flexibility index (Phi) is 9.19. The molecule has 3 aliphatic rings. The number of carbonyl (C=O) groups excluding carboxylic acids is 4. The van der Waals surface area contributed by atoms with Crippen LogP contribution in [-0.4, -0.2) is 65.4 Å². The van der Waals surface area contributed by atoms with E-state index in [-0.39, 0.29) is 30.1 Å². The highest BCUT2D eigenvalue weighted by atomic mass is 32.1. The van der Waals surface area contributed by atoms with Crippen LogP contribution in [0.1, 0.15) is 98.3 Å². The molecular weight excluding hydrogens is 693 g/mol. The van der Waals surface area contributed by atoms with Gasteiger partial charge in [0, 0.05) is 37.0 Å². The number of hydrogen-bond donors (Lipinski definition) is 2. The lowest BCUT2D eigenvalue weighted by Gasteiger charge is -2.27. The molecule has 4 amide bonds. The van der Waals surface area contributed by atoms with Crippen molar-refractivity contribution in [3.05, 3.63) is 111 Å². The Morgan fingerprint density at radius 2 is 1.87 bits per heavy atom. The Bertz CT molecular complexity index is 2330. The summed E-state index contributed by atoms with van der Waals surface area (Å²) in [6.07, 6.45) is 6.09. The average Bonchev–Trinajstić information content (AvgIpc) is 3.89. The molecule has 6 heterocycles. The van der Waals surface area contributed by atoms with Crippen molar-refractivity contribution >= 4 is 40.7 Å². The molecule has 0 bridgehead atoms. The number of amides is 4. The first-order valence-corrected chi connectivity index (χ1v) is 18.4. The number of fused-ring (bicyclic) bond motifs is 4. The van der Waals surface area contributed by atoms with Crippen LogP contribution in [0.4, 0.5) is 5.69 Å². The first-order chi connectivity index (χ1) is 25.8. The van der Waals surface area contributed by atoms with Crippen LogP contribution in [0, 0.1) is 18.8 Å². The van der Waals surface area contributed by atoms with Gasteiger partial charge in [0.25, 0.3) is 11.8 Å². The third-order valence-electron chi connectivity index (χ3n) is 9.78. The number of nitrogens with zero attached hydrogens (tertiary/aromatic N) is 6. The van der Waals surface area contributed by atoms with Gasteiger partial charge in [-0.05, 0) is 74.6 Å². The van der Waals surface area contributed by atoms with Crippen LogP contribution < -0.4 is 10.6 Å². The number of anilines is 1. The molecule has 268 valence electrons. The minimum atomic E-state index is -1.000. The van der Waals surface area contributed by atoms with Gasteiger partial charge in [-0.3, -0.25) is 34.0 Å². The molecule has 14 heteroatoms. The number of rotatable bonds is 9. The van der Waals surface area contributed by atoms with E-state index in [9.17, 15) is 19.2 Å². The molecule has 3 aliphatic heterocycles. The van der Waals surface area contributed by atoms with E-state index in [0.717, 1.165) is 63.4 Å². The summed E-state index contributed by atoms with van der Waals surface area (Å²) in [7, 11) is 0. The summed E-state index contributed by atoms with van der Waals surface area (Å²) in [6, 6.07) is 14.4. The topological polar surface area (TPSA) is 153 Å². The summed E-state index contributed by atoms with van der Waals surface area (Å²) in [5, 5.41) is 15.3. The second-order valence-corrected chi connectivity index (χ2v) is 14.3. The minimum Gasteiger partial charge on any atom is -0.384 e. The van der Waals surface area contributed by atoms with E-state index in [0.29, 0.717) is 24.5 Å². The van der Waals surface area contributed by atoms with E-state index >= 15 is 0 Å². The molecule has 0 saturated carbocycles. The molecule has 5 aromatic rings. The summed E-state index contributed by atoms with van der Waals surface area (Å²) < 4.78 is 10.3. The number of piperidine rings is 1. The highest BCUT2D eigenvalue weighted by Crippen LogP contribution is 2.39. The molecule has 1 saturated heterocycles. The van der Waals surface area contributed by atoms with E-state index in [1.807, 2.05) is 42.8 Å². The average molecular weight is 729 g/mol. The minimum absolute atomic E-state index is 0.0761. The van der Waals surface area contributed by atoms with Gasteiger partial charge in [-0.15, -0.1) is 21.5 Å². The lowest BCUT2D eigenvalue weighted by Crippen LogP contribution is -2.54. The number of imidazole rings is 1. The Labute approximate surface area is 309 Å². The van der Waals surface area contributed by atoms with Crippen molar-refractivity contribution in [3.63, 3.8) is 0 Å². The number of carbonyl (C=O) groups is 4. The fraction of sp³-hybridized carbons (Fsp3) is 0.308. The number of nitrogens with one attached hydrogen (secondary N) is 2. The zero-order valence-electron chi connectivity index (χ0n) is 29.2. The van der Waals surface area contributed by atoms with Crippen LogP contribution in [-0.2, 0) is 33.9 Å². The van der Waals surface area contributed by atoms with Gasteiger partial charge in [0.05, 0.1) is 28.9 Å². The maximum Gasteiger partial charge on any atom is 0.264 e. The van der Waals surface area contributed by atoms with Crippen LogP contribution in [0.5, 0.6) is 0 Å². The van der Waals surface area contributed by atoms with Crippen LogP contribution in [0.2, 0.25) is 0 Å². The SMILES string of the molecule is Cc1nnc2n1-c1sc(C#Cc3cn(CCCCNc4cccc5c4C(=O)N(C4CCC(=O)NC4=O)C5=O)cn3)c(Cc3ccccc3)c1CO[C@H]2C. The Morgan fingerprint density at radius 3 is 2.70 bits per heavy atom. The molecule has 2 aromatic carbocycles. The van der Waals surface area contributed by atoms with E-state index in [2.05, 4.69) is 54.4 Å². The molecule has 8 rings (SSSR count). The summed E-state index contributed by atoms with van der Waals surface area (Å²) in [5.41, 5.74) is 5.18. The molecular formula is C39H36N8O5S. The normalized spacial score (nSPS) is 17.8. The lowest BCUT2D eigenvalue weighted by atomic mass is 10.0. The van der Waals surface area contributed by atoms with E-state index < -0.39 is 29.7 Å². The van der Waals surface area contributed by atoms with Crippen LogP contribution in [0.15, 0.2) is 61.1 Å². The first-order valence-electron chi connectivity index (χ1n) is 17.6. The zero-order chi connectivity index (χ0) is 36.6. The van der Waals surface area contributed by atoms with Gasteiger partial charge in [0.2, 0.25) is 11.8 Å². The molecule has 1 unspecified atom stereocenters. The van der Waals surface area contributed by atoms with E-state index in [4.69, 9.17) is 4.74 Å². The summed E-state index contributed by atoms with van der Waals surface area (Å²) in [5.74, 6) is 6.24. The molecule has 3 aromatic heterocycles. The van der Waals surface area contributed by atoms with Gasteiger partial charge in [-0.2, -0.15) is 0 Å². The van der Waals surface area contributed by atoms with Crippen molar-refractivity contribution in [1.29, 1.82) is 0 Å². The Balaban J connectivity index is 0.922. The number of imide groups is 2. The number of ether oxygens (including phenoxy) is 1. The predicted molar refractivity (Wildman–Crippen MR) is 195 cm³/mol. The van der Waals surface area contributed by atoms with Gasteiger partial charge in [0.15, 0.2) is 5.82 Å². The molecule has 53 heavy (non-hydrogen) atoms. The molecule has 0 radical (unpaired) electrons. The third-order valence-corrected chi connectivity index (χ3v) is 11.0. The van der Waals surface area contributed by atoms with Crippen molar-refractivity contribution < 1.29 is 23.9 Å². The van der Waals surface area contributed by atoms with Crippen molar-refractivity contribution in [2.24, 2.45) is 0 Å². The second kappa shape index (κ2) is 14.3. The second-order valence-electron chi connectivity index (χ2n) is 13.3. The molecule has 2 N–H and O–H groups in total. The molecule has 0 spiro atoms. The number of unbranched alkanes of at least 4 members (excludes halogenated alkanes) is 1. The lowest BCUT2D eigenvalue weighted by molar-refractivity contribution is -0.136. The van der Waals surface area contributed by atoms with Crippen molar-refractivity contribution in [3.8, 4) is 16.8 Å². The van der Waals surface area contributed by atoms with E-state index in [1.54, 1.807) is 35.9 Å². The maximum atomic E-state index is 13.4. The highest BCUT2D eigenvalue weighted by Gasteiger charge is 2.45. The van der Waals surface area contributed by atoms with Gasteiger partial charge in [-0.25, -0.2) is 4.98 Å². The van der Waals surface area contributed by atoms with Crippen LogP contribution >= 0.6 is 11.3 Å². The van der Waals surface area contributed by atoms with Gasteiger partial charge >= 0.3 is 0 Å². The first kappa shape index (κ1) is 34.2. The zero-order valence-corrected chi connectivity index (χ0v) is 30.0. The summed E-state index contributed by atoms with van der Waals surface area (Å²) in [6.45, 7) is 5.72. The van der Waals surface area contributed by atoms with Crippen molar-refractivity contribution in [1.82, 2.24) is 34.5 Å². The predicted octanol–water partition coefficient (Wildman–Crippen LogP) is 4.71. The fourth-order valence-electron chi connectivity index (χ4n) is 7.05. The Morgan fingerprint density at radius 1 is 1.02 bits per heavy atom. The smallest absolute Gasteiger partial charge is 0.264 e.